The largest absolute Gasteiger partial charge is 0.389 e. The third kappa shape index (κ3) is 2.97. The first-order chi connectivity index (χ1) is 8.08. The Bertz CT molecular complexity index is 439. The minimum Gasteiger partial charge on any atom is -0.389 e. The maximum atomic E-state index is 5.73. The molecule has 2 rings (SSSR count). The summed E-state index contributed by atoms with van der Waals surface area (Å²) in [5, 5.41) is 3.45. The van der Waals surface area contributed by atoms with Crippen LogP contribution in [0, 0.1) is 0 Å². The SMILES string of the molecule is CC1OCCC1Nc1ccc(Br)cc1C(N)=S. The van der Waals surface area contributed by atoms with E-state index in [-0.39, 0.29) is 6.10 Å². The highest BCUT2D eigenvalue weighted by Gasteiger charge is 2.24. The van der Waals surface area contributed by atoms with Gasteiger partial charge in [0, 0.05) is 22.3 Å². The predicted molar refractivity (Wildman–Crippen MR) is 77.5 cm³/mol. The number of ether oxygens (including phenoxy) is 1. The van der Waals surface area contributed by atoms with Gasteiger partial charge in [-0.1, -0.05) is 28.1 Å². The Morgan fingerprint density at radius 3 is 2.94 bits per heavy atom. The zero-order valence-electron chi connectivity index (χ0n) is 9.57. The Kier molecular flexibility index (Phi) is 4.01. The summed E-state index contributed by atoms with van der Waals surface area (Å²) in [7, 11) is 0. The van der Waals surface area contributed by atoms with Crippen molar-refractivity contribution < 1.29 is 4.74 Å². The number of nitrogens with two attached hydrogens (primary N) is 1. The predicted octanol–water partition coefficient (Wildman–Crippen LogP) is 2.67. The lowest BCUT2D eigenvalue weighted by molar-refractivity contribution is 0.121. The van der Waals surface area contributed by atoms with Crippen molar-refractivity contribution in [3.05, 3.63) is 28.2 Å². The number of hydrogen-bond acceptors (Lipinski definition) is 3. The zero-order valence-corrected chi connectivity index (χ0v) is 12.0. The van der Waals surface area contributed by atoms with Crippen LogP contribution in [-0.2, 0) is 4.74 Å². The van der Waals surface area contributed by atoms with Crippen LogP contribution in [0.4, 0.5) is 5.69 Å². The lowest BCUT2D eigenvalue weighted by atomic mass is 10.1. The van der Waals surface area contributed by atoms with Crippen LogP contribution in [0.3, 0.4) is 0 Å². The second-order valence-corrected chi connectivity index (χ2v) is 5.53. The van der Waals surface area contributed by atoms with Crippen molar-refractivity contribution in [2.24, 2.45) is 5.73 Å². The third-order valence-corrected chi connectivity index (χ3v) is 3.68. The molecule has 5 heteroatoms. The first kappa shape index (κ1) is 12.8. The fourth-order valence-electron chi connectivity index (χ4n) is 1.97. The quantitative estimate of drug-likeness (QED) is 0.842. The average molecular weight is 315 g/mol. The van der Waals surface area contributed by atoms with Crippen LogP contribution in [0.15, 0.2) is 22.7 Å². The topological polar surface area (TPSA) is 47.3 Å². The molecule has 0 amide bonds. The summed E-state index contributed by atoms with van der Waals surface area (Å²) in [5.74, 6) is 0. The van der Waals surface area contributed by atoms with Crippen molar-refractivity contribution in [2.45, 2.75) is 25.5 Å². The standard InChI is InChI=1S/C12H15BrN2OS/c1-7-10(4-5-16-7)15-11-3-2-8(13)6-9(11)12(14)17/h2-3,6-7,10,15H,4-5H2,1H3,(H2,14,17). The van der Waals surface area contributed by atoms with Crippen LogP contribution < -0.4 is 11.1 Å². The van der Waals surface area contributed by atoms with E-state index >= 15 is 0 Å². The van der Waals surface area contributed by atoms with Crippen LogP contribution in [0.1, 0.15) is 18.9 Å². The normalized spacial score (nSPS) is 23.6. The molecule has 1 fully saturated rings. The second kappa shape index (κ2) is 5.33. The number of anilines is 1. The molecule has 1 heterocycles. The number of rotatable bonds is 3. The molecule has 1 aliphatic heterocycles. The molecule has 0 saturated carbocycles. The molecule has 0 radical (unpaired) electrons. The molecule has 92 valence electrons. The van der Waals surface area contributed by atoms with Gasteiger partial charge in [0.15, 0.2) is 0 Å². The Hall–Kier alpha value is -0.650. The van der Waals surface area contributed by atoms with E-state index in [2.05, 4.69) is 28.2 Å². The third-order valence-electron chi connectivity index (χ3n) is 2.96. The Morgan fingerprint density at radius 1 is 1.59 bits per heavy atom. The summed E-state index contributed by atoms with van der Waals surface area (Å²) in [6.07, 6.45) is 1.23. The fraction of sp³-hybridized carbons (Fsp3) is 0.417. The maximum absolute atomic E-state index is 5.73. The van der Waals surface area contributed by atoms with Crippen molar-refractivity contribution >= 4 is 38.8 Å². The van der Waals surface area contributed by atoms with E-state index in [0.717, 1.165) is 28.8 Å². The van der Waals surface area contributed by atoms with Gasteiger partial charge in [-0.3, -0.25) is 0 Å². The van der Waals surface area contributed by atoms with Gasteiger partial charge in [-0.05, 0) is 31.5 Å². The lowest BCUT2D eigenvalue weighted by Crippen LogP contribution is -2.28. The van der Waals surface area contributed by atoms with Gasteiger partial charge in [-0.2, -0.15) is 0 Å². The summed E-state index contributed by atoms with van der Waals surface area (Å²) in [6, 6.07) is 6.23. The Balaban J connectivity index is 2.22. The molecule has 0 bridgehead atoms. The van der Waals surface area contributed by atoms with Crippen LogP contribution in [0.5, 0.6) is 0 Å². The Morgan fingerprint density at radius 2 is 2.35 bits per heavy atom. The summed E-state index contributed by atoms with van der Waals surface area (Å²) >= 11 is 8.49. The maximum Gasteiger partial charge on any atom is 0.106 e. The monoisotopic (exact) mass is 314 g/mol. The fourth-order valence-corrected chi connectivity index (χ4v) is 2.50. The molecular formula is C12H15BrN2OS. The molecule has 3 nitrogen and oxygen atoms in total. The van der Waals surface area contributed by atoms with Gasteiger partial charge in [-0.25, -0.2) is 0 Å². The first-order valence-corrected chi connectivity index (χ1v) is 6.75. The van der Waals surface area contributed by atoms with Gasteiger partial charge in [-0.15, -0.1) is 0 Å². The lowest BCUT2D eigenvalue weighted by Gasteiger charge is -2.19. The van der Waals surface area contributed by atoms with Gasteiger partial charge in [0.2, 0.25) is 0 Å². The van der Waals surface area contributed by atoms with Crippen molar-refractivity contribution in [3.8, 4) is 0 Å². The molecule has 1 saturated heterocycles. The van der Waals surface area contributed by atoms with Gasteiger partial charge >= 0.3 is 0 Å². The smallest absolute Gasteiger partial charge is 0.106 e. The van der Waals surface area contributed by atoms with Crippen LogP contribution >= 0.6 is 28.1 Å². The zero-order chi connectivity index (χ0) is 12.4. The van der Waals surface area contributed by atoms with Crippen LogP contribution in [-0.4, -0.2) is 23.7 Å². The molecule has 0 aliphatic carbocycles. The van der Waals surface area contributed by atoms with Crippen molar-refractivity contribution in [1.29, 1.82) is 0 Å². The van der Waals surface area contributed by atoms with Gasteiger partial charge in [0.05, 0.1) is 12.1 Å². The molecule has 17 heavy (non-hydrogen) atoms. The minimum absolute atomic E-state index is 0.220. The van der Waals surface area contributed by atoms with Crippen molar-refractivity contribution in [3.63, 3.8) is 0 Å². The molecule has 0 spiro atoms. The number of thiocarbonyl (C=S) groups is 1. The highest BCUT2D eigenvalue weighted by atomic mass is 79.9. The molecule has 2 unspecified atom stereocenters. The average Bonchev–Trinajstić information content (AvgIpc) is 2.67. The number of benzene rings is 1. The van der Waals surface area contributed by atoms with E-state index in [4.69, 9.17) is 22.7 Å². The summed E-state index contributed by atoms with van der Waals surface area (Å²) in [4.78, 5) is 0.403. The molecule has 2 atom stereocenters. The van der Waals surface area contributed by atoms with Crippen LogP contribution in [0.25, 0.3) is 0 Å². The molecular weight excluding hydrogens is 300 g/mol. The van der Waals surface area contributed by atoms with E-state index < -0.39 is 0 Å². The minimum atomic E-state index is 0.220. The number of hydrogen-bond donors (Lipinski definition) is 2. The van der Waals surface area contributed by atoms with Gasteiger partial charge in [0.1, 0.15) is 4.99 Å². The summed E-state index contributed by atoms with van der Waals surface area (Å²) in [5.41, 5.74) is 7.58. The van der Waals surface area contributed by atoms with E-state index in [1.807, 2.05) is 18.2 Å². The van der Waals surface area contributed by atoms with E-state index in [1.165, 1.54) is 0 Å². The second-order valence-electron chi connectivity index (χ2n) is 4.17. The number of nitrogens with one attached hydrogen (secondary N) is 1. The molecule has 1 aliphatic rings. The van der Waals surface area contributed by atoms with E-state index in [9.17, 15) is 0 Å². The van der Waals surface area contributed by atoms with Gasteiger partial charge in [0.25, 0.3) is 0 Å². The molecule has 1 aromatic rings. The number of halogens is 1. The van der Waals surface area contributed by atoms with Crippen molar-refractivity contribution in [1.82, 2.24) is 0 Å². The van der Waals surface area contributed by atoms with E-state index in [0.29, 0.717) is 11.0 Å². The first-order valence-electron chi connectivity index (χ1n) is 5.55. The molecule has 1 aromatic carbocycles. The Labute approximate surface area is 115 Å². The summed E-state index contributed by atoms with van der Waals surface area (Å²) in [6.45, 7) is 2.88. The van der Waals surface area contributed by atoms with Crippen molar-refractivity contribution in [2.75, 3.05) is 11.9 Å². The van der Waals surface area contributed by atoms with Crippen LogP contribution in [0.2, 0.25) is 0 Å². The van der Waals surface area contributed by atoms with E-state index in [1.54, 1.807) is 0 Å². The molecule has 0 aromatic heterocycles. The van der Waals surface area contributed by atoms with Gasteiger partial charge < -0.3 is 15.8 Å². The highest BCUT2D eigenvalue weighted by molar-refractivity contribution is 9.10. The highest BCUT2D eigenvalue weighted by Crippen LogP contribution is 2.25. The molecule has 3 N–H and O–H groups in total. The summed E-state index contributed by atoms with van der Waals surface area (Å²) < 4.78 is 6.50.